The summed E-state index contributed by atoms with van der Waals surface area (Å²) >= 11 is 1.65. The summed E-state index contributed by atoms with van der Waals surface area (Å²) in [5.41, 5.74) is 9.90. The molecule has 2 N–H and O–H groups in total. The minimum Gasteiger partial charge on any atom is -0.399 e. The summed E-state index contributed by atoms with van der Waals surface area (Å²) in [6.07, 6.45) is 1.00. The number of rotatable bonds is 3. The summed E-state index contributed by atoms with van der Waals surface area (Å²) in [4.78, 5) is 14.1. The number of thioether (sulfide) groups is 1. The first-order valence-electron chi connectivity index (χ1n) is 7.07. The molecule has 0 unspecified atom stereocenters. The SMILES string of the molecule is CCc1ccc(N2C(=O)CS[C@@H]2c2cccc(N)c2)cc1. The summed E-state index contributed by atoms with van der Waals surface area (Å²) in [5, 5.41) is 0.00785. The molecule has 108 valence electrons. The smallest absolute Gasteiger partial charge is 0.238 e. The Hall–Kier alpha value is -1.94. The fourth-order valence-corrected chi connectivity index (χ4v) is 3.72. The quantitative estimate of drug-likeness (QED) is 0.881. The Labute approximate surface area is 129 Å². The number of nitrogens with zero attached hydrogens (tertiary/aromatic N) is 1. The molecule has 1 heterocycles. The van der Waals surface area contributed by atoms with E-state index >= 15 is 0 Å². The summed E-state index contributed by atoms with van der Waals surface area (Å²) < 4.78 is 0. The number of hydrogen-bond donors (Lipinski definition) is 1. The number of nitrogen functional groups attached to an aromatic ring is 1. The molecular formula is C17H18N2OS. The van der Waals surface area contributed by atoms with Gasteiger partial charge < -0.3 is 5.73 Å². The third-order valence-corrected chi connectivity index (χ3v) is 4.90. The van der Waals surface area contributed by atoms with Crippen molar-refractivity contribution in [2.75, 3.05) is 16.4 Å². The Morgan fingerprint density at radius 2 is 2.00 bits per heavy atom. The lowest BCUT2D eigenvalue weighted by Crippen LogP contribution is -2.27. The standard InChI is InChI=1S/C17H18N2OS/c1-2-12-6-8-15(9-7-12)19-16(20)11-21-17(19)13-4-3-5-14(18)10-13/h3-10,17H,2,11,18H2,1H3/t17-/m1/s1. The van der Waals surface area contributed by atoms with Gasteiger partial charge in [-0.1, -0.05) is 31.2 Å². The van der Waals surface area contributed by atoms with Gasteiger partial charge in [-0.25, -0.2) is 0 Å². The van der Waals surface area contributed by atoms with E-state index in [4.69, 9.17) is 5.73 Å². The molecule has 1 amide bonds. The molecule has 21 heavy (non-hydrogen) atoms. The summed E-state index contributed by atoms with van der Waals surface area (Å²) in [7, 11) is 0. The fourth-order valence-electron chi connectivity index (χ4n) is 2.55. The Balaban J connectivity index is 1.95. The molecule has 0 aliphatic carbocycles. The molecule has 0 radical (unpaired) electrons. The monoisotopic (exact) mass is 298 g/mol. The van der Waals surface area contributed by atoms with E-state index in [-0.39, 0.29) is 11.3 Å². The fraction of sp³-hybridized carbons (Fsp3) is 0.235. The number of carbonyl (C=O) groups excluding carboxylic acids is 1. The Bertz CT molecular complexity index is 654. The first kappa shape index (κ1) is 14.0. The first-order chi connectivity index (χ1) is 10.2. The van der Waals surface area contributed by atoms with Crippen molar-refractivity contribution in [2.24, 2.45) is 0 Å². The number of hydrogen-bond acceptors (Lipinski definition) is 3. The van der Waals surface area contributed by atoms with E-state index in [0.717, 1.165) is 23.4 Å². The van der Waals surface area contributed by atoms with Gasteiger partial charge in [-0.3, -0.25) is 9.69 Å². The third kappa shape index (κ3) is 2.76. The molecule has 3 nitrogen and oxygen atoms in total. The maximum Gasteiger partial charge on any atom is 0.238 e. The van der Waals surface area contributed by atoms with Gasteiger partial charge in [0, 0.05) is 11.4 Å². The van der Waals surface area contributed by atoms with Crippen LogP contribution in [-0.2, 0) is 11.2 Å². The van der Waals surface area contributed by atoms with Crippen LogP contribution in [0.4, 0.5) is 11.4 Å². The number of nitrogens with two attached hydrogens (primary N) is 1. The van der Waals surface area contributed by atoms with Crippen LogP contribution in [0.15, 0.2) is 48.5 Å². The molecule has 1 atom stereocenters. The molecule has 4 heteroatoms. The highest BCUT2D eigenvalue weighted by Gasteiger charge is 2.33. The molecule has 2 aromatic rings. The Morgan fingerprint density at radius 3 is 2.67 bits per heavy atom. The van der Waals surface area contributed by atoms with Gasteiger partial charge in [0.05, 0.1) is 5.75 Å². The molecule has 1 saturated heterocycles. The van der Waals surface area contributed by atoms with E-state index in [2.05, 4.69) is 19.1 Å². The van der Waals surface area contributed by atoms with E-state index in [1.165, 1.54) is 5.56 Å². The van der Waals surface area contributed by atoms with Crippen molar-refractivity contribution in [3.8, 4) is 0 Å². The van der Waals surface area contributed by atoms with Crippen LogP contribution >= 0.6 is 11.8 Å². The van der Waals surface area contributed by atoms with Gasteiger partial charge in [0.25, 0.3) is 0 Å². The molecule has 1 aliphatic rings. The van der Waals surface area contributed by atoms with Crippen LogP contribution in [0.25, 0.3) is 0 Å². The number of benzene rings is 2. The second-order valence-corrected chi connectivity index (χ2v) is 6.19. The lowest BCUT2D eigenvalue weighted by molar-refractivity contribution is -0.115. The van der Waals surface area contributed by atoms with E-state index in [1.807, 2.05) is 41.3 Å². The van der Waals surface area contributed by atoms with Gasteiger partial charge in [-0.05, 0) is 41.8 Å². The van der Waals surface area contributed by atoms with Gasteiger partial charge in [-0.15, -0.1) is 11.8 Å². The number of aryl methyl sites for hydroxylation is 1. The van der Waals surface area contributed by atoms with Crippen molar-refractivity contribution >= 4 is 29.0 Å². The molecular weight excluding hydrogens is 280 g/mol. The predicted octanol–water partition coefficient (Wildman–Crippen LogP) is 3.61. The zero-order valence-corrected chi connectivity index (χ0v) is 12.8. The van der Waals surface area contributed by atoms with Gasteiger partial charge in [0.15, 0.2) is 0 Å². The van der Waals surface area contributed by atoms with Crippen molar-refractivity contribution < 1.29 is 4.79 Å². The summed E-state index contributed by atoms with van der Waals surface area (Å²) in [6.45, 7) is 2.13. The zero-order valence-electron chi connectivity index (χ0n) is 12.0. The maximum atomic E-state index is 12.3. The number of anilines is 2. The van der Waals surface area contributed by atoms with Crippen LogP contribution in [0, 0.1) is 0 Å². The van der Waals surface area contributed by atoms with Gasteiger partial charge in [0.1, 0.15) is 5.37 Å². The number of amides is 1. The highest BCUT2D eigenvalue weighted by Crippen LogP contribution is 2.42. The minimum absolute atomic E-state index is 0.00785. The van der Waals surface area contributed by atoms with Crippen molar-refractivity contribution in [1.82, 2.24) is 0 Å². The molecule has 3 rings (SSSR count). The van der Waals surface area contributed by atoms with Crippen LogP contribution < -0.4 is 10.6 Å². The van der Waals surface area contributed by atoms with E-state index in [0.29, 0.717) is 5.75 Å². The van der Waals surface area contributed by atoms with Gasteiger partial charge >= 0.3 is 0 Å². The highest BCUT2D eigenvalue weighted by molar-refractivity contribution is 8.00. The summed E-state index contributed by atoms with van der Waals surface area (Å²) in [5.74, 6) is 0.659. The van der Waals surface area contributed by atoms with Crippen LogP contribution in [0.2, 0.25) is 0 Å². The van der Waals surface area contributed by atoms with Crippen LogP contribution in [0.3, 0.4) is 0 Å². The van der Waals surface area contributed by atoms with Crippen molar-refractivity contribution in [1.29, 1.82) is 0 Å². The maximum absolute atomic E-state index is 12.3. The molecule has 0 bridgehead atoms. The third-order valence-electron chi connectivity index (χ3n) is 3.69. The Kier molecular flexibility index (Phi) is 3.88. The van der Waals surface area contributed by atoms with Crippen molar-refractivity contribution in [3.63, 3.8) is 0 Å². The molecule has 0 aromatic heterocycles. The topological polar surface area (TPSA) is 46.3 Å². The predicted molar refractivity (Wildman–Crippen MR) is 89.4 cm³/mol. The lowest BCUT2D eigenvalue weighted by atomic mass is 10.1. The molecule has 0 spiro atoms. The van der Waals surface area contributed by atoms with Crippen LogP contribution in [-0.4, -0.2) is 11.7 Å². The number of carbonyl (C=O) groups is 1. The molecule has 1 fully saturated rings. The molecule has 2 aromatic carbocycles. The largest absolute Gasteiger partial charge is 0.399 e. The van der Waals surface area contributed by atoms with Gasteiger partial charge in [0.2, 0.25) is 5.91 Å². The molecule has 0 saturated carbocycles. The highest BCUT2D eigenvalue weighted by atomic mass is 32.2. The van der Waals surface area contributed by atoms with Gasteiger partial charge in [-0.2, -0.15) is 0 Å². The molecule has 1 aliphatic heterocycles. The second-order valence-electron chi connectivity index (χ2n) is 5.12. The van der Waals surface area contributed by atoms with Crippen LogP contribution in [0.5, 0.6) is 0 Å². The average Bonchev–Trinajstić information content (AvgIpc) is 2.89. The minimum atomic E-state index is 0.00785. The van der Waals surface area contributed by atoms with Crippen molar-refractivity contribution in [2.45, 2.75) is 18.7 Å². The summed E-state index contributed by atoms with van der Waals surface area (Å²) in [6, 6.07) is 16.0. The normalized spacial score (nSPS) is 18.2. The Morgan fingerprint density at radius 1 is 1.24 bits per heavy atom. The van der Waals surface area contributed by atoms with Crippen LogP contribution in [0.1, 0.15) is 23.4 Å². The van der Waals surface area contributed by atoms with Crippen molar-refractivity contribution in [3.05, 3.63) is 59.7 Å². The second kappa shape index (κ2) is 5.82. The van der Waals surface area contributed by atoms with E-state index in [9.17, 15) is 4.79 Å². The van der Waals surface area contributed by atoms with E-state index in [1.54, 1.807) is 11.8 Å². The van der Waals surface area contributed by atoms with E-state index < -0.39 is 0 Å². The first-order valence-corrected chi connectivity index (χ1v) is 8.12. The lowest BCUT2D eigenvalue weighted by Gasteiger charge is -2.24. The average molecular weight is 298 g/mol. The zero-order chi connectivity index (χ0) is 14.8.